The van der Waals surface area contributed by atoms with E-state index in [0.717, 1.165) is 9.36 Å². The van der Waals surface area contributed by atoms with Crippen LogP contribution in [0.15, 0.2) is 18.5 Å². The molecule has 2 aromatic rings. The van der Waals surface area contributed by atoms with Crippen LogP contribution in [0.4, 0.5) is 24.7 Å². The van der Waals surface area contributed by atoms with Crippen LogP contribution in [0.5, 0.6) is 0 Å². The van der Waals surface area contributed by atoms with E-state index < -0.39 is 30.3 Å². The Hall–Kier alpha value is -2.96. The van der Waals surface area contributed by atoms with Crippen molar-refractivity contribution in [1.82, 2.24) is 19.6 Å². The number of carbonyl (C=O) groups excluding carboxylic acids is 1. The van der Waals surface area contributed by atoms with Crippen molar-refractivity contribution in [3.8, 4) is 0 Å². The maximum atomic E-state index is 12.0. The van der Waals surface area contributed by atoms with Crippen LogP contribution >= 0.6 is 0 Å². The third kappa shape index (κ3) is 5.56. The summed E-state index contributed by atoms with van der Waals surface area (Å²) in [7, 11) is 0. The molecule has 0 spiro atoms. The van der Waals surface area contributed by atoms with Gasteiger partial charge in [0.1, 0.15) is 19.9 Å². The topological polar surface area (TPSA) is 117 Å². The first kappa shape index (κ1) is 18.4. The molecule has 13 heteroatoms. The van der Waals surface area contributed by atoms with E-state index in [4.69, 9.17) is 0 Å². The van der Waals surface area contributed by atoms with E-state index in [0.29, 0.717) is 5.69 Å². The number of nitro groups is 1. The van der Waals surface area contributed by atoms with Crippen molar-refractivity contribution in [2.45, 2.75) is 26.4 Å². The Kier molecular flexibility index (Phi) is 5.36. The molecule has 136 valence electrons. The molecular weight excluding hydrogens is 349 g/mol. The first-order chi connectivity index (χ1) is 11.6. The highest BCUT2D eigenvalue weighted by Gasteiger charge is 2.27. The molecule has 0 radical (unpaired) electrons. The normalized spacial score (nSPS) is 11.5. The summed E-state index contributed by atoms with van der Waals surface area (Å²) in [6.07, 6.45) is -1.92. The Bertz CT molecular complexity index is 769. The second-order valence-electron chi connectivity index (χ2n) is 4.97. The minimum Gasteiger partial charge on any atom is -0.358 e. The number of carbonyl (C=O) groups is 1. The Labute approximate surface area is 138 Å². The number of alkyl halides is 3. The van der Waals surface area contributed by atoms with Gasteiger partial charge in [0.2, 0.25) is 5.91 Å². The van der Waals surface area contributed by atoms with Crippen molar-refractivity contribution >= 4 is 17.4 Å². The van der Waals surface area contributed by atoms with Crippen LogP contribution in [0.3, 0.4) is 0 Å². The lowest BCUT2D eigenvalue weighted by Crippen LogP contribution is -2.20. The summed E-state index contributed by atoms with van der Waals surface area (Å²) in [5, 5.41) is 20.5. The molecule has 0 aromatic carbocycles. The first-order valence-electron chi connectivity index (χ1n) is 6.80. The van der Waals surface area contributed by atoms with E-state index in [-0.39, 0.29) is 18.1 Å². The van der Waals surface area contributed by atoms with Crippen molar-refractivity contribution in [2.24, 2.45) is 0 Å². The summed E-state index contributed by atoms with van der Waals surface area (Å²) in [6.45, 7) is -0.551. The molecule has 1 N–H and O–H groups in total. The number of hydrogen-bond donors (Lipinski definition) is 1. The van der Waals surface area contributed by atoms with E-state index >= 15 is 0 Å². The smallest absolute Gasteiger partial charge is 0.358 e. The fourth-order valence-corrected chi connectivity index (χ4v) is 1.83. The van der Waals surface area contributed by atoms with E-state index in [1.807, 2.05) is 0 Å². The predicted molar refractivity (Wildman–Crippen MR) is 76.5 cm³/mol. The van der Waals surface area contributed by atoms with Gasteiger partial charge in [0.15, 0.2) is 0 Å². The number of amides is 1. The van der Waals surface area contributed by atoms with E-state index in [9.17, 15) is 28.1 Å². The van der Waals surface area contributed by atoms with E-state index in [1.165, 1.54) is 18.5 Å². The van der Waals surface area contributed by atoms with Gasteiger partial charge in [-0.25, -0.2) is 4.68 Å². The molecule has 0 aliphatic rings. The number of ether oxygens (including phenoxy) is 1. The predicted octanol–water partition coefficient (Wildman–Crippen LogP) is 1.47. The highest BCUT2D eigenvalue weighted by atomic mass is 19.4. The minimum atomic E-state index is -4.44. The molecular formula is C12H13F3N6O4. The average molecular weight is 362 g/mol. The number of rotatable bonds is 7. The Balaban J connectivity index is 1.88. The Morgan fingerprint density at radius 2 is 2.20 bits per heavy atom. The van der Waals surface area contributed by atoms with Gasteiger partial charge >= 0.3 is 12.0 Å². The van der Waals surface area contributed by atoms with Crippen LogP contribution in [0, 0.1) is 17.0 Å². The molecule has 2 heterocycles. The molecule has 0 fully saturated rings. The van der Waals surface area contributed by atoms with Gasteiger partial charge in [-0.2, -0.15) is 23.0 Å². The van der Waals surface area contributed by atoms with Crippen LogP contribution in [0.2, 0.25) is 0 Å². The fraction of sp³-hybridized carbons (Fsp3) is 0.417. The average Bonchev–Trinajstić information content (AvgIpc) is 3.05. The van der Waals surface area contributed by atoms with Crippen molar-refractivity contribution < 1.29 is 27.6 Å². The molecule has 0 aliphatic heterocycles. The summed E-state index contributed by atoms with van der Waals surface area (Å²) in [5.74, 6) is -0.906. The molecule has 0 saturated heterocycles. The van der Waals surface area contributed by atoms with Gasteiger partial charge < -0.3 is 20.2 Å². The number of nitrogens with zero attached hydrogens (tertiary/aromatic N) is 5. The lowest BCUT2D eigenvalue weighted by molar-refractivity contribution is -0.389. The van der Waals surface area contributed by atoms with Crippen LogP contribution < -0.4 is 5.32 Å². The molecule has 25 heavy (non-hydrogen) atoms. The number of aryl methyl sites for hydroxylation is 1. The fourth-order valence-electron chi connectivity index (χ4n) is 1.83. The highest BCUT2D eigenvalue weighted by molar-refractivity contribution is 5.90. The molecule has 10 nitrogen and oxygen atoms in total. The molecule has 0 bridgehead atoms. The van der Waals surface area contributed by atoms with Crippen molar-refractivity contribution in [1.29, 1.82) is 0 Å². The maximum absolute atomic E-state index is 12.0. The minimum absolute atomic E-state index is 0.236. The SMILES string of the molecule is Cc1cc([N+](=O)[O-])nn1CC(=O)Nc1cnn(COCC(F)(F)F)c1. The Morgan fingerprint density at radius 1 is 1.48 bits per heavy atom. The molecule has 2 aromatic heterocycles. The van der Waals surface area contributed by atoms with Gasteiger partial charge in [0.25, 0.3) is 0 Å². The van der Waals surface area contributed by atoms with Crippen molar-refractivity contribution in [3.05, 3.63) is 34.3 Å². The van der Waals surface area contributed by atoms with Crippen LogP contribution in [0.25, 0.3) is 0 Å². The molecule has 0 unspecified atom stereocenters. The van der Waals surface area contributed by atoms with Gasteiger partial charge in [-0.1, -0.05) is 0 Å². The second-order valence-corrected chi connectivity index (χ2v) is 4.97. The lowest BCUT2D eigenvalue weighted by atomic mass is 10.4. The standard InChI is InChI=1S/C12H13F3N6O4/c1-8-2-10(21(23)24)18-20(8)5-11(22)17-9-3-16-19(4-9)7-25-6-12(13,14)15/h2-4H,5-7H2,1H3,(H,17,22). The number of anilines is 1. The molecule has 0 saturated carbocycles. The Morgan fingerprint density at radius 3 is 2.80 bits per heavy atom. The first-order valence-corrected chi connectivity index (χ1v) is 6.80. The summed E-state index contributed by atoms with van der Waals surface area (Å²) in [6, 6.07) is 1.23. The number of nitrogens with one attached hydrogen (secondary N) is 1. The van der Waals surface area contributed by atoms with Gasteiger partial charge in [-0.05, 0) is 11.8 Å². The van der Waals surface area contributed by atoms with Crippen molar-refractivity contribution in [3.63, 3.8) is 0 Å². The van der Waals surface area contributed by atoms with Crippen LogP contribution in [0.1, 0.15) is 5.69 Å². The monoisotopic (exact) mass is 362 g/mol. The quantitative estimate of drug-likeness (QED) is 0.589. The molecule has 2 rings (SSSR count). The van der Waals surface area contributed by atoms with Crippen LogP contribution in [-0.4, -0.2) is 43.2 Å². The summed E-state index contributed by atoms with van der Waals surface area (Å²) >= 11 is 0. The molecule has 1 amide bonds. The largest absolute Gasteiger partial charge is 0.411 e. The third-order valence-corrected chi connectivity index (χ3v) is 2.86. The lowest BCUT2D eigenvalue weighted by Gasteiger charge is -2.07. The summed E-state index contributed by atoms with van der Waals surface area (Å²) in [5.41, 5.74) is 0.665. The summed E-state index contributed by atoms with van der Waals surface area (Å²) < 4.78 is 42.6. The zero-order valence-corrected chi connectivity index (χ0v) is 12.9. The van der Waals surface area contributed by atoms with E-state index in [2.05, 4.69) is 20.3 Å². The van der Waals surface area contributed by atoms with Crippen molar-refractivity contribution in [2.75, 3.05) is 11.9 Å². The highest BCUT2D eigenvalue weighted by Crippen LogP contribution is 2.15. The number of halogens is 3. The van der Waals surface area contributed by atoms with Gasteiger partial charge in [-0.15, -0.1) is 0 Å². The maximum Gasteiger partial charge on any atom is 0.411 e. The van der Waals surface area contributed by atoms with Gasteiger partial charge in [-0.3, -0.25) is 4.79 Å². The second kappa shape index (κ2) is 7.29. The van der Waals surface area contributed by atoms with Crippen LogP contribution in [-0.2, 0) is 22.8 Å². The number of aromatic nitrogens is 4. The van der Waals surface area contributed by atoms with Gasteiger partial charge in [0.05, 0.1) is 34.9 Å². The summed E-state index contributed by atoms with van der Waals surface area (Å²) in [4.78, 5) is 21.9. The zero-order valence-electron chi connectivity index (χ0n) is 12.9. The molecule has 0 atom stereocenters. The molecule has 0 aliphatic carbocycles. The van der Waals surface area contributed by atoms with Gasteiger partial charge in [0, 0.05) is 0 Å². The third-order valence-electron chi connectivity index (χ3n) is 2.86. The van der Waals surface area contributed by atoms with E-state index in [1.54, 1.807) is 6.92 Å². The number of hydrogen-bond acceptors (Lipinski definition) is 6. The zero-order chi connectivity index (χ0) is 18.6.